The number of hydrogen-bond acceptors (Lipinski definition) is 15. The van der Waals surface area contributed by atoms with Crippen LogP contribution in [-0.4, -0.2) is 96.7 Å². The van der Waals surface area contributed by atoms with Crippen molar-refractivity contribution in [2.24, 2.45) is 17.8 Å². The molecule has 105 heavy (non-hydrogen) atoms. The van der Waals surface area contributed by atoms with Crippen molar-refractivity contribution in [3.8, 4) is 0 Å². The summed E-state index contributed by atoms with van der Waals surface area (Å²) in [6.45, 7) is 12.0. The molecule has 624 valence electrons. The Labute approximate surface area is 645 Å². The standard InChI is InChI=1S/C86H168O17P2/c1-8-9-10-11-12-13-14-15-16-17-18-19-20-25-30-35-40-47-55-62-69-85(90)102-81(73-96-83(88)67-60-53-46-39-34-29-24-22-21-23-27-32-37-43-50-57-64-77(2)3)75-100-104(92,93)98-71-80(87)72-99-105(94,95)101-76-82(74-97-84(89)68-61-54-49-42-45-52-59-66-79(6)7)103-86(91)70-63-56-48-41-36-31-26-28-33-38-44-51-58-65-78(4)5/h77-82,87H,8-76H2,1-7H3,(H,92,93)(H,94,95)/t80-,81-,82-/m1/s1. The number of carbonyl (C=O) groups is 4. The first kappa shape index (κ1) is 103. The minimum absolute atomic E-state index is 0.107. The number of hydrogen-bond donors (Lipinski definition) is 3. The highest BCUT2D eigenvalue weighted by Crippen LogP contribution is 2.45. The van der Waals surface area contributed by atoms with E-state index in [9.17, 15) is 43.2 Å². The molecule has 0 aromatic carbocycles. The number of esters is 4. The number of ether oxygens (including phenoxy) is 4. The van der Waals surface area contributed by atoms with Crippen LogP contribution in [0, 0.1) is 17.8 Å². The van der Waals surface area contributed by atoms with Gasteiger partial charge in [-0.25, -0.2) is 9.13 Å². The van der Waals surface area contributed by atoms with Crippen LogP contribution in [0.3, 0.4) is 0 Å². The molecule has 19 heteroatoms. The zero-order chi connectivity index (χ0) is 77.2. The molecule has 0 aliphatic heterocycles. The minimum Gasteiger partial charge on any atom is -0.462 e. The maximum absolute atomic E-state index is 13.1. The van der Waals surface area contributed by atoms with Crippen LogP contribution in [-0.2, 0) is 65.4 Å². The van der Waals surface area contributed by atoms with Gasteiger partial charge in [0.05, 0.1) is 26.4 Å². The van der Waals surface area contributed by atoms with Gasteiger partial charge >= 0.3 is 39.5 Å². The predicted octanol–water partition coefficient (Wildman–Crippen LogP) is 26.1. The number of phosphoric ester groups is 2. The van der Waals surface area contributed by atoms with Gasteiger partial charge in [0.25, 0.3) is 0 Å². The topological polar surface area (TPSA) is 237 Å². The lowest BCUT2D eigenvalue weighted by Crippen LogP contribution is -2.30. The summed E-state index contributed by atoms with van der Waals surface area (Å²) in [5.74, 6) is 0.198. The van der Waals surface area contributed by atoms with Crippen molar-refractivity contribution in [2.75, 3.05) is 39.6 Å². The van der Waals surface area contributed by atoms with Gasteiger partial charge in [0.15, 0.2) is 12.2 Å². The van der Waals surface area contributed by atoms with Crippen LogP contribution in [0.2, 0.25) is 0 Å². The van der Waals surface area contributed by atoms with E-state index < -0.39 is 97.5 Å². The Hall–Kier alpha value is -1.94. The molecule has 0 radical (unpaired) electrons. The summed E-state index contributed by atoms with van der Waals surface area (Å²) in [6, 6.07) is 0. The zero-order valence-corrected chi connectivity index (χ0v) is 71.0. The third-order valence-corrected chi connectivity index (χ3v) is 22.0. The Morgan fingerprint density at radius 1 is 0.257 bits per heavy atom. The molecule has 0 fully saturated rings. The molecule has 0 saturated heterocycles. The van der Waals surface area contributed by atoms with Crippen molar-refractivity contribution in [3.63, 3.8) is 0 Å². The highest BCUT2D eigenvalue weighted by Gasteiger charge is 2.30. The molecule has 0 aromatic heterocycles. The Kier molecular flexibility index (Phi) is 74.7. The Morgan fingerprint density at radius 2 is 0.438 bits per heavy atom. The first-order valence-corrected chi connectivity index (χ1v) is 47.3. The van der Waals surface area contributed by atoms with Crippen LogP contribution < -0.4 is 0 Å². The third-order valence-electron chi connectivity index (χ3n) is 20.1. The Bertz CT molecular complexity index is 2030. The summed E-state index contributed by atoms with van der Waals surface area (Å²) in [5.41, 5.74) is 0. The van der Waals surface area contributed by atoms with E-state index in [1.165, 1.54) is 257 Å². The average molecular weight is 1540 g/mol. The molecule has 0 aliphatic carbocycles. The van der Waals surface area contributed by atoms with Crippen LogP contribution in [0.25, 0.3) is 0 Å². The highest BCUT2D eigenvalue weighted by molar-refractivity contribution is 7.47. The van der Waals surface area contributed by atoms with Gasteiger partial charge in [-0.2, -0.15) is 0 Å². The number of unbranched alkanes of at least 4 members (excludes halogenated alkanes) is 52. The van der Waals surface area contributed by atoms with E-state index in [-0.39, 0.29) is 25.7 Å². The molecular weight excluding hydrogens is 1370 g/mol. The van der Waals surface area contributed by atoms with E-state index in [2.05, 4.69) is 48.5 Å². The zero-order valence-electron chi connectivity index (χ0n) is 69.2. The molecule has 3 N–H and O–H groups in total. The molecule has 0 aliphatic rings. The van der Waals surface area contributed by atoms with Crippen LogP contribution >= 0.6 is 15.6 Å². The monoisotopic (exact) mass is 1540 g/mol. The second-order valence-electron chi connectivity index (χ2n) is 32.4. The fraction of sp³-hybridized carbons (Fsp3) is 0.953. The largest absolute Gasteiger partial charge is 0.472 e. The van der Waals surface area contributed by atoms with Gasteiger partial charge in [-0.3, -0.25) is 37.3 Å². The first-order chi connectivity index (χ1) is 50.7. The minimum atomic E-state index is -4.97. The van der Waals surface area contributed by atoms with E-state index >= 15 is 0 Å². The fourth-order valence-electron chi connectivity index (χ4n) is 13.4. The highest BCUT2D eigenvalue weighted by atomic mass is 31.2. The molecule has 0 heterocycles. The lowest BCUT2D eigenvalue weighted by molar-refractivity contribution is -0.161. The summed E-state index contributed by atoms with van der Waals surface area (Å²) in [4.78, 5) is 73.2. The lowest BCUT2D eigenvalue weighted by Gasteiger charge is -2.21. The van der Waals surface area contributed by atoms with Crippen LogP contribution in [0.4, 0.5) is 0 Å². The van der Waals surface area contributed by atoms with Gasteiger partial charge in [0, 0.05) is 25.7 Å². The lowest BCUT2D eigenvalue weighted by atomic mass is 10.0. The van der Waals surface area contributed by atoms with Crippen LogP contribution in [0.1, 0.15) is 453 Å². The van der Waals surface area contributed by atoms with Gasteiger partial charge in [-0.1, -0.05) is 402 Å². The van der Waals surface area contributed by atoms with Crippen molar-refractivity contribution < 1.29 is 80.2 Å². The smallest absolute Gasteiger partial charge is 0.462 e. The normalized spacial score (nSPS) is 13.9. The molecular formula is C86H168O17P2. The van der Waals surface area contributed by atoms with Gasteiger partial charge in [0.2, 0.25) is 0 Å². The fourth-order valence-corrected chi connectivity index (χ4v) is 14.9. The van der Waals surface area contributed by atoms with Crippen LogP contribution in [0.5, 0.6) is 0 Å². The van der Waals surface area contributed by atoms with Crippen molar-refractivity contribution in [2.45, 2.75) is 471 Å². The van der Waals surface area contributed by atoms with Crippen LogP contribution in [0.15, 0.2) is 0 Å². The maximum Gasteiger partial charge on any atom is 0.472 e. The van der Waals surface area contributed by atoms with Gasteiger partial charge in [0.1, 0.15) is 19.3 Å². The summed E-state index contributed by atoms with van der Waals surface area (Å²) in [5, 5.41) is 10.7. The summed E-state index contributed by atoms with van der Waals surface area (Å²) >= 11 is 0. The summed E-state index contributed by atoms with van der Waals surface area (Å²) < 4.78 is 68.9. The van der Waals surface area contributed by atoms with Crippen molar-refractivity contribution in [1.29, 1.82) is 0 Å². The van der Waals surface area contributed by atoms with E-state index in [0.29, 0.717) is 31.6 Å². The van der Waals surface area contributed by atoms with Gasteiger partial charge in [-0.15, -0.1) is 0 Å². The SMILES string of the molecule is CCCCCCCCCCCCCCCCCCCCCCC(=O)O[C@H](COC(=O)CCCCCCCCCCCCCCCCCCC(C)C)COP(=O)(O)OC[C@@H](O)COP(=O)(O)OC[C@@H](COC(=O)CCCCCCCCCC(C)C)OC(=O)CCCCCCCCCCCCCCCC(C)C. The Morgan fingerprint density at radius 3 is 0.648 bits per heavy atom. The average Bonchev–Trinajstić information content (AvgIpc) is 0.908. The summed E-state index contributed by atoms with van der Waals surface area (Å²) in [6.07, 6.45) is 66.8. The Balaban J connectivity index is 5.23. The van der Waals surface area contributed by atoms with Crippen molar-refractivity contribution >= 4 is 39.5 Å². The number of carbonyl (C=O) groups excluding carboxylic acids is 4. The van der Waals surface area contributed by atoms with E-state index in [0.717, 1.165) is 108 Å². The molecule has 0 bridgehead atoms. The molecule has 5 atom stereocenters. The number of aliphatic hydroxyl groups is 1. The number of phosphoric acid groups is 2. The molecule has 17 nitrogen and oxygen atoms in total. The molecule has 2 unspecified atom stereocenters. The second-order valence-corrected chi connectivity index (χ2v) is 35.3. The van der Waals surface area contributed by atoms with Crippen molar-refractivity contribution in [1.82, 2.24) is 0 Å². The van der Waals surface area contributed by atoms with E-state index in [4.69, 9.17) is 37.0 Å². The molecule has 0 spiro atoms. The number of rotatable bonds is 84. The summed E-state index contributed by atoms with van der Waals surface area (Å²) in [7, 11) is -9.93. The number of aliphatic hydroxyl groups excluding tert-OH is 1. The van der Waals surface area contributed by atoms with Crippen molar-refractivity contribution in [3.05, 3.63) is 0 Å². The first-order valence-electron chi connectivity index (χ1n) is 44.3. The molecule has 0 aromatic rings. The molecule has 0 saturated carbocycles. The van der Waals surface area contributed by atoms with E-state index in [1.807, 2.05) is 0 Å². The molecule has 0 rings (SSSR count). The van der Waals surface area contributed by atoms with E-state index in [1.54, 1.807) is 0 Å². The maximum atomic E-state index is 13.1. The third kappa shape index (κ3) is 79.9. The quantitative estimate of drug-likeness (QED) is 0.0222. The van der Waals surface area contributed by atoms with Gasteiger partial charge in [-0.05, 0) is 43.4 Å². The predicted molar refractivity (Wildman–Crippen MR) is 432 cm³/mol. The van der Waals surface area contributed by atoms with Gasteiger partial charge < -0.3 is 33.8 Å². The molecule has 0 amide bonds. The second kappa shape index (κ2) is 76.1.